The number of methoxy groups -OCH3 is 1. The minimum absolute atomic E-state index is 0.205. The van der Waals surface area contributed by atoms with Gasteiger partial charge in [0.25, 0.3) is 5.91 Å². The summed E-state index contributed by atoms with van der Waals surface area (Å²) < 4.78 is 10.4. The minimum atomic E-state index is -0.327. The van der Waals surface area contributed by atoms with Gasteiger partial charge in [0.2, 0.25) is 0 Å². The van der Waals surface area contributed by atoms with E-state index in [1.807, 2.05) is 0 Å². The van der Waals surface area contributed by atoms with Gasteiger partial charge in [-0.15, -0.1) is 0 Å². The van der Waals surface area contributed by atoms with Crippen LogP contribution in [0.2, 0.25) is 15.1 Å². The van der Waals surface area contributed by atoms with Gasteiger partial charge in [0, 0.05) is 11.8 Å². The van der Waals surface area contributed by atoms with Crippen LogP contribution >= 0.6 is 34.8 Å². The van der Waals surface area contributed by atoms with E-state index in [0.717, 1.165) is 0 Å². The lowest BCUT2D eigenvalue weighted by Crippen LogP contribution is -2.20. The van der Waals surface area contributed by atoms with Crippen LogP contribution in [0.15, 0.2) is 36.4 Å². The normalized spacial score (nSPS) is 10.2. The van der Waals surface area contributed by atoms with Crippen molar-refractivity contribution < 1.29 is 14.3 Å². The summed E-state index contributed by atoms with van der Waals surface area (Å²) in [6, 6.07) is 9.86. The van der Waals surface area contributed by atoms with Gasteiger partial charge in [-0.1, -0.05) is 34.8 Å². The van der Waals surface area contributed by atoms with Gasteiger partial charge >= 0.3 is 0 Å². The Kier molecular flexibility index (Phi) is 5.77. The molecule has 4 nitrogen and oxygen atoms in total. The molecule has 0 saturated carbocycles. The number of nitrogens with one attached hydrogen (secondary N) is 1. The molecule has 0 saturated heterocycles. The maximum atomic E-state index is 11.8. The van der Waals surface area contributed by atoms with Crippen molar-refractivity contribution in [2.24, 2.45) is 0 Å². The third-order valence-electron chi connectivity index (χ3n) is 2.71. The van der Waals surface area contributed by atoms with Crippen LogP contribution in [0.3, 0.4) is 0 Å². The zero-order valence-corrected chi connectivity index (χ0v) is 13.8. The highest BCUT2D eigenvalue weighted by atomic mass is 35.5. The van der Waals surface area contributed by atoms with Crippen LogP contribution < -0.4 is 14.8 Å². The summed E-state index contributed by atoms with van der Waals surface area (Å²) in [7, 11) is 1.57. The molecule has 0 heterocycles. The number of hydrogen-bond acceptors (Lipinski definition) is 3. The van der Waals surface area contributed by atoms with Gasteiger partial charge in [-0.2, -0.15) is 0 Å². The fourth-order valence-electron chi connectivity index (χ4n) is 1.63. The first-order valence-electron chi connectivity index (χ1n) is 6.21. The summed E-state index contributed by atoms with van der Waals surface area (Å²) in [5.74, 6) is 0.671. The Labute approximate surface area is 142 Å². The molecule has 2 rings (SSSR count). The third-order valence-corrected chi connectivity index (χ3v) is 3.72. The summed E-state index contributed by atoms with van der Waals surface area (Å²) in [6.07, 6.45) is 0. The van der Waals surface area contributed by atoms with Gasteiger partial charge in [-0.05, 0) is 30.3 Å². The maximum Gasteiger partial charge on any atom is 0.262 e. The minimum Gasteiger partial charge on any atom is -0.497 e. The number of rotatable bonds is 5. The highest BCUT2D eigenvalue weighted by Crippen LogP contribution is 2.33. The van der Waals surface area contributed by atoms with Gasteiger partial charge < -0.3 is 14.8 Å². The second-order valence-corrected chi connectivity index (χ2v) is 5.48. The second kappa shape index (κ2) is 7.58. The fourth-order valence-corrected chi connectivity index (χ4v) is 2.22. The molecule has 1 N–H and O–H groups in total. The number of amides is 1. The Morgan fingerprint density at radius 1 is 1.05 bits per heavy atom. The Morgan fingerprint density at radius 2 is 1.68 bits per heavy atom. The Balaban J connectivity index is 1.93. The van der Waals surface area contributed by atoms with Crippen LogP contribution in [0.1, 0.15) is 0 Å². The van der Waals surface area contributed by atoms with Crippen molar-refractivity contribution in [1.82, 2.24) is 0 Å². The van der Waals surface area contributed by atoms with Gasteiger partial charge in [0.1, 0.15) is 11.5 Å². The number of hydrogen-bond donors (Lipinski definition) is 1. The quantitative estimate of drug-likeness (QED) is 0.788. The van der Waals surface area contributed by atoms with Crippen molar-refractivity contribution in [1.29, 1.82) is 0 Å². The fraction of sp³-hybridized carbons (Fsp3) is 0.133. The highest BCUT2D eigenvalue weighted by Gasteiger charge is 2.09. The van der Waals surface area contributed by atoms with Gasteiger partial charge in [0.15, 0.2) is 6.61 Å². The van der Waals surface area contributed by atoms with E-state index in [4.69, 9.17) is 44.3 Å². The molecule has 2 aromatic carbocycles. The van der Waals surface area contributed by atoms with E-state index < -0.39 is 0 Å². The first kappa shape index (κ1) is 16.7. The first-order chi connectivity index (χ1) is 10.5. The van der Waals surface area contributed by atoms with Crippen molar-refractivity contribution >= 4 is 46.4 Å². The molecule has 0 aliphatic carbocycles. The van der Waals surface area contributed by atoms with E-state index in [0.29, 0.717) is 27.2 Å². The molecule has 7 heteroatoms. The number of carbonyl (C=O) groups is 1. The van der Waals surface area contributed by atoms with Gasteiger partial charge in [0.05, 0.1) is 22.2 Å². The van der Waals surface area contributed by atoms with Crippen LogP contribution in [0.5, 0.6) is 11.5 Å². The predicted molar refractivity (Wildman–Crippen MR) is 88.6 cm³/mol. The van der Waals surface area contributed by atoms with Crippen LogP contribution in [0.4, 0.5) is 5.69 Å². The molecule has 0 unspecified atom stereocenters. The van der Waals surface area contributed by atoms with E-state index in [2.05, 4.69) is 5.32 Å². The standard InChI is InChI=1S/C15H12Cl3NO3/c1-21-10-4-2-9(3-5-10)19-15(20)8-22-14-7-12(17)11(16)6-13(14)18/h2-7H,8H2,1H3,(H,19,20). The Bertz CT molecular complexity index is 674. The molecular weight excluding hydrogens is 349 g/mol. The van der Waals surface area contributed by atoms with Crippen molar-refractivity contribution in [2.75, 3.05) is 19.0 Å². The molecule has 0 aromatic heterocycles. The smallest absolute Gasteiger partial charge is 0.262 e. The van der Waals surface area contributed by atoms with Crippen molar-refractivity contribution in [2.45, 2.75) is 0 Å². The van der Waals surface area contributed by atoms with E-state index in [-0.39, 0.29) is 17.5 Å². The lowest BCUT2D eigenvalue weighted by molar-refractivity contribution is -0.118. The molecule has 0 bridgehead atoms. The third kappa shape index (κ3) is 4.44. The zero-order valence-electron chi connectivity index (χ0n) is 11.5. The van der Waals surface area contributed by atoms with Crippen LogP contribution in [0, 0.1) is 0 Å². The van der Waals surface area contributed by atoms with Gasteiger partial charge in [-0.25, -0.2) is 0 Å². The van der Waals surface area contributed by atoms with Crippen molar-refractivity contribution in [3.63, 3.8) is 0 Å². The van der Waals surface area contributed by atoms with Crippen LogP contribution in [0.25, 0.3) is 0 Å². The van der Waals surface area contributed by atoms with Crippen LogP contribution in [-0.4, -0.2) is 19.6 Å². The topological polar surface area (TPSA) is 47.6 Å². The van der Waals surface area contributed by atoms with E-state index in [1.165, 1.54) is 12.1 Å². The Morgan fingerprint density at radius 3 is 2.32 bits per heavy atom. The molecule has 22 heavy (non-hydrogen) atoms. The molecule has 0 fully saturated rings. The number of anilines is 1. The largest absolute Gasteiger partial charge is 0.497 e. The lowest BCUT2D eigenvalue weighted by Gasteiger charge is -2.10. The van der Waals surface area contributed by atoms with E-state index in [1.54, 1.807) is 31.4 Å². The SMILES string of the molecule is COc1ccc(NC(=O)COc2cc(Cl)c(Cl)cc2Cl)cc1. The van der Waals surface area contributed by atoms with Crippen molar-refractivity contribution in [3.8, 4) is 11.5 Å². The summed E-state index contributed by atoms with van der Waals surface area (Å²) in [5.41, 5.74) is 0.634. The molecule has 2 aromatic rings. The molecule has 0 atom stereocenters. The summed E-state index contributed by atoms with van der Waals surface area (Å²) in [5, 5.41) is 3.59. The molecule has 1 amide bonds. The predicted octanol–water partition coefficient (Wildman–Crippen LogP) is 4.67. The average molecular weight is 361 g/mol. The molecule has 0 spiro atoms. The molecule has 0 radical (unpaired) electrons. The van der Waals surface area contributed by atoms with E-state index >= 15 is 0 Å². The number of benzene rings is 2. The Hall–Kier alpha value is -1.62. The van der Waals surface area contributed by atoms with Crippen molar-refractivity contribution in [3.05, 3.63) is 51.5 Å². The average Bonchev–Trinajstić information content (AvgIpc) is 2.50. The number of halogens is 3. The zero-order chi connectivity index (χ0) is 16.1. The van der Waals surface area contributed by atoms with E-state index in [9.17, 15) is 4.79 Å². The molecular formula is C15H12Cl3NO3. The summed E-state index contributed by atoms with van der Waals surface area (Å²) in [6.45, 7) is -0.205. The number of ether oxygens (including phenoxy) is 2. The molecule has 0 aliphatic rings. The monoisotopic (exact) mass is 359 g/mol. The molecule has 116 valence electrons. The second-order valence-electron chi connectivity index (χ2n) is 4.26. The summed E-state index contributed by atoms with van der Waals surface area (Å²) in [4.78, 5) is 11.8. The lowest BCUT2D eigenvalue weighted by atomic mass is 10.3. The first-order valence-corrected chi connectivity index (χ1v) is 7.34. The van der Waals surface area contributed by atoms with Crippen LogP contribution in [-0.2, 0) is 4.79 Å². The maximum absolute atomic E-state index is 11.8. The highest BCUT2D eigenvalue weighted by molar-refractivity contribution is 6.43. The number of carbonyl (C=O) groups excluding carboxylic acids is 1. The van der Waals surface area contributed by atoms with Gasteiger partial charge in [-0.3, -0.25) is 4.79 Å². The molecule has 0 aliphatic heterocycles. The summed E-state index contributed by atoms with van der Waals surface area (Å²) >= 11 is 17.7.